The van der Waals surface area contributed by atoms with Gasteiger partial charge in [0, 0.05) is 10.5 Å². The summed E-state index contributed by atoms with van der Waals surface area (Å²) in [5.74, 6) is 0. The second-order valence-corrected chi connectivity index (χ2v) is 16.1. The lowest BCUT2D eigenvalue weighted by Gasteiger charge is -2.36. The summed E-state index contributed by atoms with van der Waals surface area (Å²) in [5.41, 5.74) is 0. The van der Waals surface area contributed by atoms with E-state index >= 15 is 0 Å². The molecule has 0 aliphatic heterocycles. The molecule has 0 heterocycles. The molecule has 2 aromatic carbocycles. The summed E-state index contributed by atoms with van der Waals surface area (Å²) in [7, 11) is -3.22. The minimum Gasteiger partial charge on any atom is -0.283 e. The number of halogens is 1. The van der Waals surface area contributed by atoms with Crippen molar-refractivity contribution in [1.82, 2.24) is 0 Å². The van der Waals surface area contributed by atoms with Crippen LogP contribution in [0, 0.1) is 0 Å². The van der Waals surface area contributed by atoms with Gasteiger partial charge in [0.2, 0.25) is 0 Å². The molecule has 0 bridgehead atoms. The molecular weight excluding hydrogens is 370 g/mol. The predicted molar refractivity (Wildman–Crippen MR) is 113 cm³/mol. The molecule has 25 heavy (non-hydrogen) atoms. The van der Waals surface area contributed by atoms with Crippen LogP contribution in [0.15, 0.2) is 60.7 Å². The van der Waals surface area contributed by atoms with Crippen LogP contribution in [0.25, 0.3) is 0 Å². The third-order valence-electron chi connectivity index (χ3n) is 4.16. The molecule has 2 aromatic rings. The summed E-state index contributed by atoms with van der Waals surface area (Å²) in [4.78, 5) is 0. The van der Waals surface area contributed by atoms with Crippen molar-refractivity contribution in [3.05, 3.63) is 60.7 Å². The van der Waals surface area contributed by atoms with E-state index in [2.05, 4.69) is 20.8 Å². The van der Waals surface area contributed by atoms with E-state index in [9.17, 15) is 4.57 Å². The van der Waals surface area contributed by atoms with E-state index in [4.69, 9.17) is 15.6 Å². The minimum absolute atomic E-state index is 0.356. The van der Waals surface area contributed by atoms with Crippen LogP contribution in [0.5, 0.6) is 0 Å². The third kappa shape index (κ3) is 4.04. The average Bonchev–Trinajstić information content (AvgIpc) is 2.54. The number of hydrogen-bond acceptors (Lipinski definition) is 2. The van der Waals surface area contributed by atoms with Gasteiger partial charge in [0.15, 0.2) is 0 Å². The van der Waals surface area contributed by atoms with Crippen LogP contribution < -0.4 is 10.6 Å². The summed E-state index contributed by atoms with van der Waals surface area (Å²) >= 11 is 7.20. The monoisotopic (exact) mass is 397 g/mol. The molecule has 0 radical (unpaired) electrons. The van der Waals surface area contributed by atoms with Gasteiger partial charge >= 0.3 is 0 Å². The number of rotatable bonds is 4. The summed E-state index contributed by atoms with van der Waals surface area (Å²) < 4.78 is 20.8. The molecule has 0 fully saturated rings. The zero-order chi connectivity index (χ0) is 18.9. The highest BCUT2D eigenvalue weighted by Crippen LogP contribution is 2.81. The van der Waals surface area contributed by atoms with E-state index in [1.165, 1.54) is 0 Å². The Morgan fingerprint density at radius 1 is 0.840 bits per heavy atom. The zero-order valence-electron chi connectivity index (χ0n) is 15.9. The van der Waals surface area contributed by atoms with E-state index in [0.717, 1.165) is 5.30 Å². The maximum atomic E-state index is 14.2. The van der Waals surface area contributed by atoms with Crippen molar-refractivity contribution in [2.24, 2.45) is 0 Å². The molecule has 2 rings (SSSR count). The number of hydrogen-bond donors (Lipinski definition) is 0. The normalized spacial score (nSPS) is 17.6. The standard InChI is InChI=1S/C20H28ClO2P2/c1-19(2,3)24(21,17-13-9-7-10-14-17)23-25(22,20(4,5)6)18-15-11-8-12-16-18/h7-16H,1-6H3/q+1. The molecule has 0 amide bonds. The van der Waals surface area contributed by atoms with Gasteiger partial charge in [-0.3, -0.25) is 4.57 Å². The molecule has 2 atom stereocenters. The van der Waals surface area contributed by atoms with Gasteiger partial charge in [-0.1, -0.05) is 57.2 Å². The van der Waals surface area contributed by atoms with Gasteiger partial charge in [-0.15, -0.1) is 0 Å². The Morgan fingerprint density at radius 3 is 1.68 bits per heavy atom. The molecule has 2 unspecified atom stereocenters. The van der Waals surface area contributed by atoms with Gasteiger partial charge in [-0.2, -0.15) is 4.31 Å². The van der Waals surface area contributed by atoms with E-state index < -0.39 is 19.4 Å². The van der Waals surface area contributed by atoms with E-state index in [1.807, 2.05) is 81.4 Å². The molecule has 0 aliphatic carbocycles. The molecular formula is C20H28ClO2P2+. The van der Waals surface area contributed by atoms with Gasteiger partial charge in [0.25, 0.3) is 14.2 Å². The van der Waals surface area contributed by atoms with E-state index in [1.54, 1.807) is 0 Å². The number of benzene rings is 2. The summed E-state index contributed by atoms with van der Waals surface area (Å²) in [6.45, 7) is 9.35. The van der Waals surface area contributed by atoms with E-state index in [0.29, 0.717) is 5.30 Å². The minimum atomic E-state index is -3.22. The van der Waals surface area contributed by atoms with E-state index in [-0.39, 0.29) is 5.16 Å². The summed E-state index contributed by atoms with van der Waals surface area (Å²) in [6, 6.07) is 19.3. The van der Waals surface area contributed by atoms with Gasteiger partial charge in [0.1, 0.15) is 21.7 Å². The SMILES string of the molecule is CC(C)(C)P(=O)(O[P+](Cl)(c1ccccc1)C(C)(C)C)c1ccccc1. The van der Waals surface area contributed by atoms with Crippen LogP contribution in [0.3, 0.4) is 0 Å². The Balaban J connectivity index is 2.65. The Hall–Kier alpha value is -0.650. The lowest BCUT2D eigenvalue weighted by atomic mass is 10.3. The molecule has 0 spiro atoms. The van der Waals surface area contributed by atoms with Crippen molar-refractivity contribution in [1.29, 1.82) is 0 Å². The van der Waals surface area contributed by atoms with Crippen molar-refractivity contribution < 1.29 is 8.88 Å². The fourth-order valence-electron chi connectivity index (χ4n) is 2.52. The Bertz CT molecular complexity index is 749. The lowest BCUT2D eigenvalue weighted by Crippen LogP contribution is -2.31. The van der Waals surface area contributed by atoms with Crippen molar-refractivity contribution in [3.8, 4) is 0 Å². The van der Waals surface area contributed by atoms with Gasteiger partial charge in [0.05, 0.1) is 0 Å². The Labute approximate surface area is 157 Å². The smallest absolute Gasteiger partial charge is 0.283 e. The fraction of sp³-hybridized carbons (Fsp3) is 0.400. The highest BCUT2D eigenvalue weighted by molar-refractivity contribution is 8.05. The molecule has 0 saturated carbocycles. The molecule has 0 saturated heterocycles. The third-order valence-corrected chi connectivity index (χ3v) is 14.1. The first kappa shape index (κ1) is 20.7. The first-order chi connectivity index (χ1) is 11.4. The largest absolute Gasteiger partial charge is 0.289 e. The zero-order valence-corrected chi connectivity index (χ0v) is 18.4. The molecule has 2 nitrogen and oxygen atoms in total. The van der Waals surface area contributed by atoms with Crippen molar-refractivity contribution in [2.75, 3.05) is 0 Å². The highest BCUT2D eigenvalue weighted by Gasteiger charge is 2.60. The van der Waals surface area contributed by atoms with Crippen molar-refractivity contribution in [2.45, 2.75) is 51.9 Å². The summed E-state index contributed by atoms with van der Waals surface area (Å²) in [5, 5.41) is 0.720. The lowest BCUT2D eigenvalue weighted by molar-refractivity contribution is 0.473. The highest BCUT2D eigenvalue weighted by atomic mass is 35.7. The maximum absolute atomic E-state index is 14.2. The van der Waals surface area contributed by atoms with Crippen LogP contribution in [-0.4, -0.2) is 10.3 Å². The molecule has 0 aliphatic rings. The quantitative estimate of drug-likeness (QED) is 0.542. The maximum Gasteiger partial charge on any atom is 0.289 e. The molecule has 5 heteroatoms. The predicted octanol–water partition coefficient (Wildman–Crippen LogP) is 6.62. The first-order valence-corrected chi connectivity index (χ1v) is 12.7. The average molecular weight is 398 g/mol. The van der Waals surface area contributed by atoms with Crippen LogP contribution in [0.1, 0.15) is 41.5 Å². The van der Waals surface area contributed by atoms with Gasteiger partial charge in [-0.05, 0) is 45.0 Å². The Kier molecular flexibility index (Phi) is 5.92. The second-order valence-electron chi connectivity index (χ2n) is 8.18. The van der Waals surface area contributed by atoms with Crippen molar-refractivity contribution >= 4 is 36.1 Å². The summed E-state index contributed by atoms with van der Waals surface area (Å²) in [6.07, 6.45) is 0. The van der Waals surface area contributed by atoms with Crippen LogP contribution in [-0.2, 0) is 8.88 Å². The molecule has 136 valence electrons. The second kappa shape index (κ2) is 7.16. The molecule has 0 aromatic heterocycles. The first-order valence-electron chi connectivity index (χ1n) is 8.43. The van der Waals surface area contributed by atoms with Crippen LogP contribution >= 0.6 is 25.5 Å². The molecule has 0 N–H and O–H groups in total. The van der Waals surface area contributed by atoms with Crippen molar-refractivity contribution in [3.63, 3.8) is 0 Å². The Morgan fingerprint density at radius 2 is 1.28 bits per heavy atom. The van der Waals surface area contributed by atoms with Gasteiger partial charge < -0.3 is 0 Å². The van der Waals surface area contributed by atoms with Gasteiger partial charge in [-0.25, -0.2) is 0 Å². The van der Waals surface area contributed by atoms with Crippen LogP contribution in [0.2, 0.25) is 0 Å². The topological polar surface area (TPSA) is 26.3 Å². The van der Waals surface area contributed by atoms with Crippen LogP contribution in [0.4, 0.5) is 0 Å². The fourth-order valence-corrected chi connectivity index (χ4v) is 10.3.